The number of aromatic nitrogens is 1. The molecule has 0 saturated heterocycles. The molecule has 1 aromatic heterocycles. The molecule has 140 valence electrons. The Balaban J connectivity index is 1.95. The van der Waals surface area contributed by atoms with Gasteiger partial charge in [0.1, 0.15) is 11.1 Å². The number of hydrogen-bond donors (Lipinski definition) is 1. The second kappa shape index (κ2) is 7.46. The third-order valence-corrected chi connectivity index (χ3v) is 5.77. The number of sulfonamides is 1. The fraction of sp³-hybridized carbons (Fsp3) is 0.150. The number of benzene rings is 2. The van der Waals surface area contributed by atoms with Crippen molar-refractivity contribution in [2.45, 2.75) is 11.7 Å². The Morgan fingerprint density at radius 2 is 1.67 bits per heavy atom. The summed E-state index contributed by atoms with van der Waals surface area (Å²) in [6, 6.07) is 17.6. The summed E-state index contributed by atoms with van der Waals surface area (Å²) in [4.78, 5) is 12.7. The van der Waals surface area contributed by atoms with Crippen molar-refractivity contribution in [2.24, 2.45) is 12.2 Å². The first kappa shape index (κ1) is 19.0. The number of nitrogens with zero attached hydrogens (tertiary/aromatic N) is 1. The van der Waals surface area contributed by atoms with E-state index in [0.29, 0.717) is 11.3 Å². The highest BCUT2D eigenvalue weighted by Gasteiger charge is 2.26. The molecular weight excluding hydrogens is 367 g/mol. The molecule has 0 aliphatic heterocycles. The highest BCUT2D eigenvalue weighted by molar-refractivity contribution is 7.89. The topological polar surface area (TPSA) is 82.2 Å². The van der Waals surface area contributed by atoms with Crippen LogP contribution < -0.4 is 5.14 Å². The van der Waals surface area contributed by atoms with Crippen LogP contribution in [-0.2, 0) is 23.5 Å². The highest BCUT2D eigenvalue weighted by atomic mass is 32.2. The molecule has 5 nitrogen and oxygen atoms in total. The Morgan fingerprint density at radius 1 is 1.04 bits per heavy atom. The number of primary sulfonamides is 1. The van der Waals surface area contributed by atoms with E-state index < -0.39 is 26.9 Å². The minimum absolute atomic E-state index is 0.0312. The van der Waals surface area contributed by atoms with Gasteiger partial charge in [-0.2, -0.15) is 0 Å². The molecule has 7 heteroatoms. The van der Waals surface area contributed by atoms with E-state index in [1.54, 1.807) is 60.1 Å². The van der Waals surface area contributed by atoms with E-state index in [0.717, 1.165) is 0 Å². The SMILES string of the molecule is Cn1c(CC(c2ccccc2)S(N)(=O)=O)ccc1C(=O)c1ccccc1F. The van der Waals surface area contributed by atoms with Crippen molar-refractivity contribution in [1.82, 2.24) is 4.57 Å². The van der Waals surface area contributed by atoms with Gasteiger partial charge in [0.2, 0.25) is 15.8 Å². The van der Waals surface area contributed by atoms with Gasteiger partial charge in [0, 0.05) is 19.2 Å². The van der Waals surface area contributed by atoms with Crippen LogP contribution >= 0.6 is 0 Å². The first-order valence-corrected chi connectivity index (χ1v) is 9.90. The van der Waals surface area contributed by atoms with Crippen LogP contribution in [0.1, 0.15) is 32.6 Å². The smallest absolute Gasteiger partial charge is 0.216 e. The van der Waals surface area contributed by atoms with Crippen LogP contribution in [0.5, 0.6) is 0 Å². The maximum Gasteiger partial charge on any atom is 0.216 e. The minimum atomic E-state index is -3.86. The van der Waals surface area contributed by atoms with Gasteiger partial charge >= 0.3 is 0 Å². The van der Waals surface area contributed by atoms with Crippen LogP contribution in [0, 0.1) is 5.82 Å². The van der Waals surface area contributed by atoms with Crippen molar-refractivity contribution in [1.29, 1.82) is 0 Å². The number of ketones is 1. The second-order valence-corrected chi connectivity index (χ2v) is 8.02. The van der Waals surface area contributed by atoms with Gasteiger partial charge in [0.15, 0.2) is 0 Å². The van der Waals surface area contributed by atoms with E-state index in [2.05, 4.69) is 0 Å². The lowest BCUT2D eigenvalue weighted by Gasteiger charge is -2.16. The van der Waals surface area contributed by atoms with E-state index in [1.165, 1.54) is 18.2 Å². The lowest BCUT2D eigenvalue weighted by molar-refractivity contribution is 0.102. The quantitative estimate of drug-likeness (QED) is 0.661. The van der Waals surface area contributed by atoms with Gasteiger partial charge in [-0.15, -0.1) is 0 Å². The molecule has 27 heavy (non-hydrogen) atoms. The predicted molar refractivity (Wildman–Crippen MR) is 101 cm³/mol. The first-order chi connectivity index (χ1) is 12.8. The third kappa shape index (κ3) is 3.99. The first-order valence-electron chi connectivity index (χ1n) is 8.29. The number of rotatable bonds is 6. The van der Waals surface area contributed by atoms with E-state index in [4.69, 9.17) is 5.14 Å². The van der Waals surface area contributed by atoms with Crippen molar-refractivity contribution < 1.29 is 17.6 Å². The molecule has 3 rings (SSSR count). The molecular formula is C20H19FN2O3S. The van der Waals surface area contributed by atoms with Crippen LogP contribution in [-0.4, -0.2) is 18.8 Å². The van der Waals surface area contributed by atoms with Crippen molar-refractivity contribution in [3.8, 4) is 0 Å². The summed E-state index contributed by atoms with van der Waals surface area (Å²) in [5.41, 5.74) is 1.42. The average molecular weight is 386 g/mol. The van der Waals surface area contributed by atoms with Crippen LogP contribution in [0.3, 0.4) is 0 Å². The number of nitrogens with two attached hydrogens (primary N) is 1. The predicted octanol–water partition coefficient (Wildman–Crippen LogP) is 2.97. The number of halogens is 1. The van der Waals surface area contributed by atoms with Crippen LogP contribution in [0.4, 0.5) is 4.39 Å². The molecule has 1 atom stereocenters. The summed E-state index contributed by atoms with van der Waals surface area (Å²) < 4.78 is 39.7. The number of hydrogen-bond acceptors (Lipinski definition) is 3. The summed E-state index contributed by atoms with van der Waals surface area (Å²) in [7, 11) is -2.21. The van der Waals surface area contributed by atoms with Crippen molar-refractivity contribution in [2.75, 3.05) is 0 Å². The van der Waals surface area contributed by atoms with Gasteiger partial charge in [-0.25, -0.2) is 17.9 Å². The molecule has 1 unspecified atom stereocenters. The molecule has 1 heterocycles. The van der Waals surface area contributed by atoms with E-state index in [-0.39, 0.29) is 17.7 Å². The second-order valence-electron chi connectivity index (χ2n) is 6.27. The maximum absolute atomic E-state index is 13.9. The molecule has 0 spiro atoms. The van der Waals surface area contributed by atoms with Crippen molar-refractivity contribution in [3.05, 3.63) is 95.1 Å². The van der Waals surface area contributed by atoms with Gasteiger partial charge in [0.05, 0.1) is 11.3 Å². The normalized spacial score (nSPS) is 12.7. The largest absolute Gasteiger partial charge is 0.345 e. The standard InChI is InChI=1S/C20H19FN2O3S/c1-23-15(13-19(27(22,25)26)14-7-3-2-4-8-14)11-12-18(23)20(24)16-9-5-6-10-17(16)21/h2-12,19H,13H2,1H3,(H2,22,25,26). The molecule has 2 aromatic carbocycles. The molecule has 3 aromatic rings. The summed E-state index contributed by atoms with van der Waals surface area (Å²) in [5.74, 6) is -1.06. The van der Waals surface area contributed by atoms with Gasteiger partial charge < -0.3 is 4.57 Å². The number of carbonyl (C=O) groups excluding carboxylic acids is 1. The monoisotopic (exact) mass is 386 g/mol. The summed E-state index contributed by atoms with van der Waals surface area (Å²) in [5, 5.41) is 4.49. The Hall–Kier alpha value is -2.77. The summed E-state index contributed by atoms with van der Waals surface area (Å²) in [6.07, 6.45) is 0.101. The lowest BCUT2D eigenvalue weighted by Crippen LogP contribution is -2.24. The van der Waals surface area contributed by atoms with E-state index >= 15 is 0 Å². The van der Waals surface area contributed by atoms with Gasteiger partial charge in [-0.05, 0) is 29.8 Å². The number of carbonyl (C=O) groups is 1. The molecule has 0 radical (unpaired) electrons. The minimum Gasteiger partial charge on any atom is -0.345 e. The van der Waals surface area contributed by atoms with Gasteiger partial charge in [-0.1, -0.05) is 42.5 Å². The Morgan fingerprint density at radius 3 is 2.30 bits per heavy atom. The fourth-order valence-electron chi connectivity index (χ4n) is 3.05. The van der Waals surface area contributed by atoms with Crippen molar-refractivity contribution >= 4 is 15.8 Å². The molecule has 0 amide bonds. The molecule has 0 bridgehead atoms. The van der Waals surface area contributed by atoms with Crippen LogP contribution in [0.25, 0.3) is 0 Å². The Kier molecular flexibility index (Phi) is 5.25. The molecule has 2 N–H and O–H groups in total. The van der Waals surface area contributed by atoms with Crippen molar-refractivity contribution in [3.63, 3.8) is 0 Å². The van der Waals surface area contributed by atoms with E-state index in [9.17, 15) is 17.6 Å². The zero-order chi connectivity index (χ0) is 19.6. The average Bonchev–Trinajstić information content (AvgIpc) is 3.00. The Labute approximate surface area is 157 Å². The molecule has 0 saturated carbocycles. The Bertz CT molecular complexity index is 1080. The fourth-order valence-corrected chi connectivity index (χ4v) is 3.99. The third-order valence-electron chi connectivity index (χ3n) is 4.54. The maximum atomic E-state index is 13.9. The van der Waals surface area contributed by atoms with Gasteiger partial charge in [-0.3, -0.25) is 4.79 Å². The highest BCUT2D eigenvalue weighted by Crippen LogP contribution is 2.26. The van der Waals surface area contributed by atoms with Crippen LogP contribution in [0.2, 0.25) is 0 Å². The zero-order valence-electron chi connectivity index (χ0n) is 14.7. The van der Waals surface area contributed by atoms with Gasteiger partial charge in [0.25, 0.3) is 0 Å². The lowest BCUT2D eigenvalue weighted by atomic mass is 10.1. The van der Waals surface area contributed by atoms with Crippen LogP contribution in [0.15, 0.2) is 66.7 Å². The molecule has 0 aliphatic rings. The summed E-state index contributed by atoms with van der Waals surface area (Å²) >= 11 is 0. The van der Waals surface area contributed by atoms with E-state index in [1.807, 2.05) is 0 Å². The summed E-state index contributed by atoms with van der Waals surface area (Å²) in [6.45, 7) is 0. The molecule has 0 aliphatic carbocycles. The molecule has 0 fully saturated rings. The zero-order valence-corrected chi connectivity index (χ0v) is 15.5.